The first-order valence-electron chi connectivity index (χ1n) is 10.7. The van der Waals surface area contributed by atoms with Crippen molar-refractivity contribution >= 4 is 17.4 Å². The van der Waals surface area contributed by atoms with Gasteiger partial charge in [0, 0.05) is 30.1 Å². The SMILES string of the molecule is CCn1c(=O)nc(Nc2ccc(Oc3ccc(C(C)=O)cn3)cc2)n(Cc2ccccc2)c1=O. The monoisotopic (exact) mass is 457 g/mol. The molecule has 0 aliphatic carbocycles. The number of ketones is 1. The van der Waals surface area contributed by atoms with Crippen molar-refractivity contribution in [1.29, 1.82) is 0 Å². The van der Waals surface area contributed by atoms with Crippen molar-refractivity contribution < 1.29 is 9.53 Å². The van der Waals surface area contributed by atoms with Crippen LogP contribution in [0.25, 0.3) is 0 Å². The predicted octanol–water partition coefficient (Wildman–Crippen LogP) is 3.61. The summed E-state index contributed by atoms with van der Waals surface area (Å²) in [6.07, 6.45) is 1.46. The van der Waals surface area contributed by atoms with E-state index in [0.717, 1.165) is 10.1 Å². The average Bonchev–Trinajstić information content (AvgIpc) is 2.84. The third-order valence-corrected chi connectivity index (χ3v) is 5.13. The molecule has 0 bridgehead atoms. The number of pyridine rings is 1. The Balaban J connectivity index is 1.57. The molecule has 1 N–H and O–H groups in total. The zero-order chi connectivity index (χ0) is 24.1. The van der Waals surface area contributed by atoms with Gasteiger partial charge >= 0.3 is 11.4 Å². The summed E-state index contributed by atoms with van der Waals surface area (Å²) in [6, 6.07) is 19.7. The van der Waals surface area contributed by atoms with Crippen molar-refractivity contribution in [2.75, 3.05) is 5.32 Å². The third-order valence-electron chi connectivity index (χ3n) is 5.13. The number of aromatic nitrogens is 4. The third kappa shape index (κ3) is 5.09. The Labute approximate surface area is 195 Å². The molecule has 0 aliphatic heterocycles. The summed E-state index contributed by atoms with van der Waals surface area (Å²) >= 11 is 0. The Morgan fingerprint density at radius 1 is 0.971 bits per heavy atom. The van der Waals surface area contributed by atoms with Gasteiger partial charge in [0.1, 0.15) is 5.75 Å². The van der Waals surface area contributed by atoms with Gasteiger partial charge in [0.25, 0.3) is 0 Å². The minimum atomic E-state index is -0.612. The van der Waals surface area contributed by atoms with Crippen LogP contribution in [-0.2, 0) is 13.1 Å². The maximum atomic E-state index is 13.0. The standard InChI is InChI=1S/C25H23N5O4/c1-3-29-24(32)28-23(30(25(29)33)16-18-7-5-4-6-8-18)27-20-10-12-21(13-11-20)34-22-14-9-19(15-26-22)17(2)31/h4-15H,3,16H2,1-2H3,(H,27,28,32). The topological polar surface area (TPSA) is 108 Å². The van der Waals surface area contributed by atoms with Crippen LogP contribution in [0.4, 0.5) is 11.6 Å². The first-order chi connectivity index (χ1) is 16.4. The number of carbonyl (C=O) groups excluding carboxylic acids is 1. The molecule has 4 aromatic rings. The van der Waals surface area contributed by atoms with E-state index >= 15 is 0 Å². The molecule has 2 heterocycles. The normalized spacial score (nSPS) is 10.6. The van der Waals surface area contributed by atoms with Gasteiger partial charge in [-0.2, -0.15) is 4.98 Å². The van der Waals surface area contributed by atoms with Crippen molar-refractivity contribution in [3.05, 3.63) is 105 Å². The minimum absolute atomic E-state index is 0.0690. The lowest BCUT2D eigenvalue weighted by atomic mass is 10.2. The number of benzene rings is 2. The highest BCUT2D eigenvalue weighted by Crippen LogP contribution is 2.23. The Morgan fingerprint density at radius 3 is 2.32 bits per heavy atom. The number of hydrogen-bond acceptors (Lipinski definition) is 7. The molecule has 0 saturated carbocycles. The van der Waals surface area contributed by atoms with Crippen LogP contribution in [0.2, 0.25) is 0 Å². The first kappa shape index (κ1) is 22.7. The summed E-state index contributed by atoms with van der Waals surface area (Å²) in [5.74, 6) is 0.969. The molecule has 0 spiro atoms. The summed E-state index contributed by atoms with van der Waals surface area (Å²) in [4.78, 5) is 44.9. The number of nitrogens with one attached hydrogen (secondary N) is 1. The Morgan fingerprint density at radius 2 is 1.71 bits per heavy atom. The second-order valence-corrected chi connectivity index (χ2v) is 7.51. The summed E-state index contributed by atoms with van der Waals surface area (Å²) in [6.45, 7) is 3.69. The van der Waals surface area contributed by atoms with Crippen molar-refractivity contribution in [2.45, 2.75) is 26.9 Å². The molecule has 0 amide bonds. The van der Waals surface area contributed by atoms with E-state index in [0.29, 0.717) is 22.9 Å². The fourth-order valence-electron chi connectivity index (χ4n) is 3.31. The molecule has 2 aromatic carbocycles. The summed E-state index contributed by atoms with van der Waals surface area (Å²) < 4.78 is 8.24. The van der Waals surface area contributed by atoms with E-state index in [-0.39, 0.29) is 24.8 Å². The summed E-state index contributed by atoms with van der Waals surface area (Å²) in [5.41, 5.74) is 0.983. The molecule has 0 fully saturated rings. The fourth-order valence-corrected chi connectivity index (χ4v) is 3.31. The number of nitrogens with zero attached hydrogens (tertiary/aromatic N) is 4. The van der Waals surface area contributed by atoms with Gasteiger partial charge in [0.2, 0.25) is 11.8 Å². The molecule has 34 heavy (non-hydrogen) atoms. The molecule has 0 saturated heterocycles. The van der Waals surface area contributed by atoms with Crippen LogP contribution >= 0.6 is 0 Å². The molecule has 4 rings (SSSR count). The molecule has 0 radical (unpaired) electrons. The highest BCUT2D eigenvalue weighted by Gasteiger charge is 2.13. The molecule has 2 aromatic heterocycles. The van der Waals surface area contributed by atoms with Crippen LogP contribution in [-0.4, -0.2) is 24.9 Å². The summed E-state index contributed by atoms with van der Waals surface area (Å²) in [5, 5.41) is 3.07. The van der Waals surface area contributed by atoms with Crippen molar-refractivity contribution in [1.82, 2.24) is 19.1 Å². The molecular weight excluding hydrogens is 434 g/mol. The Bertz CT molecular complexity index is 1410. The van der Waals surface area contributed by atoms with Crippen molar-refractivity contribution in [2.24, 2.45) is 0 Å². The second-order valence-electron chi connectivity index (χ2n) is 7.51. The predicted molar refractivity (Wildman–Crippen MR) is 128 cm³/mol. The number of anilines is 2. The highest BCUT2D eigenvalue weighted by atomic mass is 16.5. The molecule has 172 valence electrons. The van der Waals surface area contributed by atoms with Crippen molar-refractivity contribution in [3.63, 3.8) is 0 Å². The zero-order valence-electron chi connectivity index (χ0n) is 18.8. The van der Waals surface area contributed by atoms with Gasteiger partial charge in [-0.1, -0.05) is 30.3 Å². The lowest BCUT2D eigenvalue weighted by Gasteiger charge is -2.15. The average molecular weight is 457 g/mol. The first-order valence-corrected chi connectivity index (χ1v) is 10.7. The number of ether oxygens (including phenoxy) is 1. The van der Waals surface area contributed by atoms with Crippen LogP contribution in [0.3, 0.4) is 0 Å². The maximum Gasteiger partial charge on any atom is 0.354 e. The van der Waals surface area contributed by atoms with Gasteiger partial charge in [0.15, 0.2) is 5.78 Å². The Kier molecular flexibility index (Phi) is 6.63. The molecule has 9 nitrogen and oxygen atoms in total. The lowest BCUT2D eigenvalue weighted by Crippen LogP contribution is -2.42. The van der Waals surface area contributed by atoms with E-state index in [4.69, 9.17) is 4.74 Å². The molecule has 0 aliphatic rings. The Hall–Kier alpha value is -4.53. The van der Waals surface area contributed by atoms with E-state index in [1.54, 1.807) is 43.3 Å². The van der Waals surface area contributed by atoms with Crippen LogP contribution in [0.1, 0.15) is 29.8 Å². The zero-order valence-corrected chi connectivity index (χ0v) is 18.8. The van der Waals surface area contributed by atoms with Gasteiger partial charge in [-0.05, 0) is 49.7 Å². The van der Waals surface area contributed by atoms with Gasteiger partial charge < -0.3 is 10.1 Å². The van der Waals surface area contributed by atoms with Gasteiger partial charge in [-0.3, -0.25) is 9.36 Å². The number of hydrogen-bond donors (Lipinski definition) is 1. The van der Waals surface area contributed by atoms with Crippen LogP contribution in [0.15, 0.2) is 82.5 Å². The highest BCUT2D eigenvalue weighted by molar-refractivity contribution is 5.93. The van der Waals surface area contributed by atoms with E-state index in [1.165, 1.54) is 17.7 Å². The maximum absolute atomic E-state index is 13.0. The van der Waals surface area contributed by atoms with Gasteiger partial charge in [0.05, 0.1) is 6.54 Å². The van der Waals surface area contributed by atoms with E-state index in [2.05, 4.69) is 15.3 Å². The minimum Gasteiger partial charge on any atom is -0.439 e. The van der Waals surface area contributed by atoms with E-state index < -0.39 is 11.4 Å². The quantitative estimate of drug-likeness (QED) is 0.403. The second kappa shape index (κ2) is 9.95. The van der Waals surface area contributed by atoms with E-state index in [1.807, 2.05) is 30.3 Å². The van der Waals surface area contributed by atoms with Crippen LogP contribution < -0.4 is 21.4 Å². The van der Waals surface area contributed by atoms with Crippen molar-refractivity contribution in [3.8, 4) is 11.6 Å². The molecule has 9 heteroatoms. The molecular formula is C25H23N5O4. The largest absolute Gasteiger partial charge is 0.439 e. The molecule has 0 unspecified atom stereocenters. The van der Waals surface area contributed by atoms with Crippen LogP contribution in [0, 0.1) is 0 Å². The van der Waals surface area contributed by atoms with Crippen LogP contribution in [0.5, 0.6) is 11.6 Å². The molecule has 0 atom stereocenters. The number of Topliss-reactive ketones (excluding diaryl/α,β-unsaturated/α-hetero) is 1. The lowest BCUT2D eigenvalue weighted by molar-refractivity contribution is 0.101. The number of rotatable bonds is 8. The summed E-state index contributed by atoms with van der Waals surface area (Å²) in [7, 11) is 0. The fraction of sp³-hybridized carbons (Fsp3) is 0.160. The smallest absolute Gasteiger partial charge is 0.354 e. The van der Waals surface area contributed by atoms with Gasteiger partial charge in [-0.15, -0.1) is 0 Å². The van der Waals surface area contributed by atoms with Gasteiger partial charge in [-0.25, -0.2) is 19.1 Å². The number of carbonyl (C=O) groups is 1. The van der Waals surface area contributed by atoms with E-state index in [9.17, 15) is 14.4 Å².